The van der Waals surface area contributed by atoms with Crippen LogP contribution in [-0.4, -0.2) is 48.1 Å². The van der Waals surface area contributed by atoms with Crippen LogP contribution in [0.5, 0.6) is 0 Å². The minimum absolute atomic E-state index is 0.809. The van der Waals surface area contributed by atoms with Crippen LogP contribution < -0.4 is 0 Å². The van der Waals surface area contributed by atoms with E-state index in [2.05, 4.69) is 22.8 Å². The molecule has 2 aliphatic heterocycles. The van der Waals surface area contributed by atoms with Gasteiger partial charge in [0.05, 0.1) is 6.26 Å². The van der Waals surface area contributed by atoms with Crippen molar-refractivity contribution in [2.24, 2.45) is 0 Å². The number of furan rings is 1. The maximum absolute atomic E-state index is 5.37. The SMILES string of the molecule is CC1CCCCN1C1CN(CCCc2ccco2)C1. The van der Waals surface area contributed by atoms with Gasteiger partial charge in [-0.1, -0.05) is 6.42 Å². The molecule has 3 rings (SSSR count). The van der Waals surface area contributed by atoms with E-state index in [0.717, 1.165) is 24.3 Å². The van der Waals surface area contributed by atoms with Gasteiger partial charge in [-0.05, 0) is 51.4 Å². The number of likely N-dealkylation sites (tertiary alicyclic amines) is 2. The molecule has 1 atom stereocenters. The van der Waals surface area contributed by atoms with Gasteiger partial charge >= 0.3 is 0 Å². The molecule has 0 amide bonds. The van der Waals surface area contributed by atoms with Crippen LogP contribution in [-0.2, 0) is 6.42 Å². The van der Waals surface area contributed by atoms with Crippen molar-refractivity contribution < 1.29 is 4.42 Å². The molecule has 19 heavy (non-hydrogen) atoms. The van der Waals surface area contributed by atoms with Crippen LogP contribution in [0, 0.1) is 0 Å². The van der Waals surface area contributed by atoms with Crippen LogP contribution in [0.3, 0.4) is 0 Å². The number of rotatable bonds is 5. The Morgan fingerprint density at radius 3 is 2.95 bits per heavy atom. The molecule has 2 fully saturated rings. The average molecular weight is 262 g/mol. The second kappa shape index (κ2) is 6.10. The first-order valence-electron chi connectivity index (χ1n) is 7.83. The Morgan fingerprint density at radius 1 is 1.32 bits per heavy atom. The van der Waals surface area contributed by atoms with Gasteiger partial charge in [-0.2, -0.15) is 0 Å². The fourth-order valence-electron chi connectivity index (χ4n) is 3.53. The molecule has 3 heterocycles. The third-order valence-electron chi connectivity index (χ3n) is 4.74. The summed E-state index contributed by atoms with van der Waals surface area (Å²) in [4.78, 5) is 5.33. The predicted molar refractivity (Wildman–Crippen MR) is 77.3 cm³/mol. The number of piperidine rings is 1. The highest BCUT2D eigenvalue weighted by Crippen LogP contribution is 2.24. The molecular weight excluding hydrogens is 236 g/mol. The van der Waals surface area contributed by atoms with Crippen molar-refractivity contribution in [1.82, 2.24) is 9.80 Å². The van der Waals surface area contributed by atoms with Crippen molar-refractivity contribution in [2.45, 2.75) is 51.1 Å². The molecule has 1 unspecified atom stereocenters. The molecule has 2 aliphatic rings. The number of hydrogen-bond donors (Lipinski definition) is 0. The van der Waals surface area contributed by atoms with E-state index in [9.17, 15) is 0 Å². The molecule has 0 aromatic carbocycles. The molecule has 2 saturated heterocycles. The second-order valence-electron chi connectivity index (χ2n) is 6.18. The van der Waals surface area contributed by atoms with E-state index < -0.39 is 0 Å². The molecule has 106 valence electrons. The number of aryl methyl sites for hydroxylation is 1. The number of hydrogen-bond acceptors (Lipinski definition) is 3. The van der Waals surface area contributed by atoms with Gasteiger partial charge in [-0.15, -0.1) is 0 Å². The zero-order valence-electron chi connectivity index (χ0n) is 12.1. The summed E-state index contributed by atoms with van der Waals surface area (Å²) in [6.07, 6.45) is 8.29. The molecule has 0 saturated carbocycles. The quantitative estimate of drug-likeness (QED) is 0.813. The van der Waals surface area contributed by atoms with Crippen molar-refractivity contribution in [3.05, 3.63) is 24.2 Å². The van der Waals surface area contributed by atoms with Gasteiger partial charge in [0, 0.05) is 31.6 Å². The van der Waals surface area contributed by atoms with Crippen LogP contribution >= 0.6 is 0 Å². The Bertz CT molecular complexity index is 370. The largest absolute Gasteiger partial charge is 0.469 e. The summed E-state index contributed by atoms with van der Waals surface area (Å²) < 4.78 is 5.37. The molecule has 0 N–H and O–H groups in total. The summed E-state index contributed by atoms with van der Waals surface area (Å²) in [5.41, 5.74) is 0. The van der Waals surface area contributed by atoms with Crippen molar-refractivity contribution >= 4 is 0 Å². The second-order valence-corrected chi connectivity index (χ2v) is 6.18. The number of nitrogens with zero attached hydrogens (tertiary/aromatic N) is 2. The summed E-state index contributed by atoms with van der Waals surface area (Å²) in [5.74, 6) is 1.13. The van der Waals surface area contributed by atoms with Crippen LogP contribution in [0.4, 0.5) is 0 Å². The van der Waals surface area contributed by atoms with E-state index >= 15 is 0 Å². The lowest BCUT2D eigenvalue weighted by Gasteiger charge is -2.49. The van der Waals surface area contributed by atoms with Gasteiger partial charge in [-0.25, -0.2) is 0 Å². The van der Waals surface area contributed by atoms with Gasteiger partial charge in [0.15, 0.2) is 0 Å². The minimum Gasteiger partial charge on any atom is -0.469 e. The lowest BCUT2D eigenvalue weighted by atomic mass is 9.97. The molecule has 0 bridgehead atoms. The Balaban J connectivity index is 1.34. The van der Waals surface area contributed by atoms with E-state index in [1.54, 1.807) is 6.26 Å². The van der Waals surface area contributed by atoms with Gasteiger partial charge < -0.3 is 9.32 Å². The minimum atomic E-state index is 0.809. The Kier molecular flexibility index (Phi) is 4.24. The van der Waals surface area contributed by atoms with Crippen molar-refractivity contribution in [3.8, 4) is 0 Å². The highest BCUT2D eigenvalue weighted by molar-refractivity contribution is 4.98. The lowest BCUT2D eigenvalue weighted by Crippen LogP contribution is -2.62. The zero-order chi connectivity index (χ0) is 13.1. The van der Waals surface area contributed by atoms with Crippen LogP contribution in [0.25, 0.3) is 0 Å². The van der Waals surface area contributed by atoms with Crippen molar-refractivity contribution in [2.75, 3.05) is 26.2 Å². The first-order chi connectivity index (χ1) is 9.33. The molecular formula is C16H26N2O. The molecule has 0 radical (unpaired) electrons. The average Bonchev–Trinajstić information content (AvgIpc) is 2.87. The van der Waals surface area contributed by atoms with Gasteiger partial charge in [0.1, 0.15) is 5.76 Å². The van der Waals surface area contributed by atoms with E-state index in [1.165, 1.54) is 51.9 Å². The lowest BCUT2D eigenvalue weighted by molar-refractivity contribution is -0.00255. The van der Waals surface area contributed by atoms with E-state index in [4.69, 9.17) is 4.42 Å². The fraction of sp³-hybridized carbons (Fsp3) is 0.750. The Labute approximate surface area is 116 Å². The molecule has 3 nitrogen and oxygen atoms in total. The standard InChI is InChI=1S/C16H26N2O/c1-14-6-2-3-10-18(14)15-12-17(13-15)9-4-7-16-8-5-11-19-16/h5,8,11,14-15H,2-4,6-7,9-10,12-13H2,1H3. The third-order valence-corrected chi connectivity index (χ3v) is 4.74. The predicted octanol–water partition coefficient (Wildman–Crippen LogP) is 2.77. The molecule has 0 spiro atoms. The topological polar surface area (TPSA) is 19.6 Å². The molecule has 3 heteroatoms. The van der Waals surface area contributed by atoms with E-state index in [1.807, 2.05) is 6.07 Å². The van der Waals surface area contributed by atoms with Crippen molar-refractivity contribution in [1.29, 1.82) is 0 Å². The Hall–Kier alpha value is -0.800. The molecule has 1 aromatic heterocycles. The first kappa shape index (κ1) is 13.2. The van der Waals surface area contributed by atoms with E-state index in [0.29, 0.717) is 0 Å². The smallest absolute Gasteiger partial charge is 0.103 e. The normalized spacial score (nSPS) is 26.5. The van der Waals surface area contributed by atoms with Gasteiger partial charge in [-0.3, -0.25) is 4.90 Å². The summed E-state index contributed by atoms with van der Waals surface area (Å²) >= 11 is 0. The van der Waals surface area contributed by atoms with Crippen LogP contribution in [0.15, 0.2) is 22.8 Å². The van der Waals surface area contributed by atoms with Crippen LogP contribution in [0.2, 0.25) is 0 Å². The summed E-state index contributed by atoms with van der Waals surface area (Å²) in [7, 11) is 0. The summed E-state index contributed by atoms with van der Waals surface area (Å²) in [6.45, 7) is 7.51. The summed E-state index contributed by atoms with van der Waals surface area (Å²) in [6, 6.07) is 5.70. The Morgan fingerprint density at radius 2 is 2.21 bits per heavy atom. The van der Waals surface area contributed by atoms with Crippen LogP contribution in [0.1, 0.15) is 38.4 Å². The van der Waals surface area contributed by atoms with E-state index in [-0.39, 0.29) is 0 Å². The van der Waals surface area contributed by atoms with Crippen molar-refractivity contribution in [3.63, 3.8) is 0 Å². The highest BCUT2D eigenvalue weighted by atomic mass is 16.3. The van der Waals surface area contributed by atoms with Gasteiger partial charge in [0.2, 0.25) is 0 Å². The zero-order valence-corrected chi connectivity index (χ0v) is 12.1. The first-order valence-corrected chi connectivity index (χ1v) is 7.83. The van der Waals surface area contributed by atoms with Gasteiger partial charge in [0.25, 0.3) is 0 Å². The highest BCUT2D eigenvalue weighted by Gasteiger charge is 2.34. The monoisotopic (exact) mass is 262 g/mol. The molecule has 1 aromatic rings. The third kappa shape index (κ3) is 3.21. The molecule has 0 aliphatic carbocycles. The summed E-state index contributed by atoms with van der Waals surface area (Å²) in [5, 5.41) is 0. The maximum Gasteiger partial charge on any atom is 0.103 e. The maximum atomic E-state index is 5.37. The fourth-order valence-corrected chi connectivity index (χ4v) is 3.53.